The average molecular weight is 486 g/mol. The quantitative estimate of drug-likeness (QED) is 0.435. The van der Waals surface area contributed by atoms with Crippen LogP contribution >= 0.6 is 0 Å². The zero-order chi connectivity index (χ0) is 26.4. The SMILES string of the molecule is Cc1ccc(-c2c3c(cc(C)c2C(OC(C)(C)C)C(=O)O)N(C(=O)c2ccc(C)cc2C)CC3)cc1. The molecule has 1 unspecified atom stereocenters. The molecule has 1 amide bonds. The molecular weight excluding hydrogens is 450 g/mol. The maximum absolute atomic E-state index is 13.7. The van der Waals surface area contributed by atoms with E-state index in [1.54, 1.807) is 0 Å². The minimum Gasteiger partial charge on any atom is -0.479 e. The highest BCUT2D eigenvalue weighted by Crippen LogP contribution is 2.45. The van der Waals surface area contributed by atoms with Gasteiger partial charge in [0.1, 0.15) is 0 Å². The van der Waals surface area contributed by atoms with Gasteiger partial charge in [-0.2, -0.15) is 0 Å². The third-order valence-corrected chi connectivity index (χ3v) is 6.69. The van der Waals surface area contributed by atoms with E-state index in [0.29, 0.717) is 24.1 Å². The van der Waals surface area contributed by atoms with Gasteiger partial charge in [-0.15, -0.1) is 0 Å². The molecule has 3 aromatic carbocycles. The first-order valence-electron chi connectivity index (χ1n) is 12.4. The molecule has 0 saturated carbocycles. The van der Waals surface area contributed by atoms with E-state index < -0.39 is 17.7 Å². The van der Waals surface area contributed by atoms with Crippen molar-refractivity contribution in [2.75, 3.05) is 11.4 Å². The smallest absolute Gasteiger partial charge is 0.337 e. The Morgan fingerprint density at radius 2 is 1.56 bits per heavy atom. The van der Waals surface area contributed by atoms with Crippen LogP contribution in [0.1, 0.15) is 70.6 Å². The van der Waals surface area contributed by atoms with Crippen LogP contribution in [0.3, 0.4) is 0 Å². The molecule has 5 heteroatoms. The van der Waals surface area contributed by atoms with Crippen molar-refractivity contribution in [1.29, 1.82) is 0 Å². The molecule has 0 saturated heterocycles. The highest BCUT2D eigenvalue weighted by atomic mass is 16.5. The van der Waals surface area contributed by atoms with Crippen LogP contribution in [-0.2, 0) is 16.0 Å². The third-order valence-electron chi connectivity index (χ3n) is 6.69. The second-order valence-electron chi connectivity index (χ2n) is 10.8. The van der Waals surface area contributed by atoms with Crippen molar-refractivity contribution in [3.8, 4) is 11.1 Å². The van der Waals surface area contributed by atoms with Gasteiger partial charge >= 0.3 is 5.97 Å². The molecule has 1 N–H and O–H groups in total. The molecule has 3 aromatic rings. The number of rotatable bonds is 5. The fourth-order valence-corrected chi connectivity index (χ4v) is 5.08. The number of carboxylic acid groups (broad SMARTS) is 1. The van der Waals surface area contributed by atoms with Crippen molar-refractivity contribution in [3.63, 3.8) is 0 Å². The highest BCUT2D eigenvalue weighted by Gasteiger charge is 2.36. The van der Waals surface area contributed by atoms with E-state index in [4.69, 9.17) is 4.74 Å². The number of aryl methyl sites for hydroxylation is 4. The van der Waals surface area contributed by atoms with Crippen molar-refractivity contribution in [1.82, 2.24) is 0 Å². The minimum atomic E-state index is -1.13. The standard InChI is InChI=1S/C31H35NO4/c1-18-8-11-22(12-9-18)27-24-14-15-32(29(33)23-13-10-19(2)16-20(23)3)25(24)17-21(4)26(27)28(30(34)35)36-31(5,6)7/h8-13,16-17,28H,14-15H2,1-7H3,(H,34,35). The Balaban J connectivity index is 1.93. The van der Waals surface area contributed by atoms with Crippen molar-refractivity contribution in [2.24, 2.45) is 0 Å². The lowest BCUT2D eigenvalue weighted by Gasteiger charge is -2.29. The third kappa shape index (κ3) is 4.93. The number of amides is 1. The molecule has 0 bridgehead atoms. The van der Waals surface area contributed by atoms with Crippen LogP contribution < -0.4 is 4.90 Å². The second kappa shape index (κ2) is 9.55. The zero-order valence-electron chi connectivity index (χ0n) is 22.2. The first kappa shape index (κ1) is 25.6. The summed E-state index contributed by atoms with van der Waals surface area (Å²) in [5.74, 6) is -1.06. The minimum absolute atomic E-state index is 0.0333. The zero-order valence-corrected chi connectivity index (χ0v) is 22.2. The largest absolute Gasteiger partial charge is 0.479 e. The van der Waals surface area contributed by atoms with Gasteiger partial charge in [-0.3, -0.25) is 4.79 Å². The van der Waals surface area contributed by atoms with Gasteiger partial charge in [-0.1, -0.05) is 47.5 Å². The van der Waals surface area contributed by atoms with Gasteiger partial charge in [0.25, 0.3) is 5.91 Å². The summed E-state index contributed by atoms with van der Waals surface area (Å²) in [6, 6.07) is 16.0. The summed E-state index contributed by atoms with van der Waals surface area (Å²) in [4.78, 5) is 28.0. The first-order valence-corrected chi connectivity index (χ1v) is 12.4. The number of carbonyl (C=O) groups excluding carboxylic acids is 1. The molecule has 1 atom stereocenters. The van der Waals surface area contributed by atoms with E-state index in [0.717, 1.165) is 44.6 Å². The number of anilines is 1. The lowest BCUT2D eigenvalue weighted by molar-refractivity contribution is -0.160. The Hall–Kier alpha value is -3.44. The molecule has 0 radical (unpaired) electrons. The normalized spacial score (nSPS) is 14.0. The van der Waals surface area contributed by atoms with Gasteiger partial charge in [0, 0.05) is 23.4 Å². The van der Waals surface area contributed by atoms with Crippen LogP contribution in [0.25, 0.3) is 11.1 Å². The Bertz CT molecular complexity index is 1330. The fourth-order valence-electron chi connectivity index (χ4n) is 5.08. The molecule has 1 aliphatic heterocycles. The highest BCUT2D eigenvalue weighted by molar-refractivity contribution is 6.09. The van der Waals surface area contributed by atoms with Crippen LogP contribution in [0.15, 0.2) is 48.5 Å². The fraction of sp³-hybridized carbons (Fsp3) is 0.355. The topological polar surface area (TPSA) is 66.8 Å². The number of carboxylic acids is 1. The number of nitrogens with zero attached hydrogens (tertiary/aromatic N) is 1. The predicted octanol–water partition coefficient (Wildman–Crippen LogP) is 6.73. The summed E-state index contributed by atoms with van der Waals surface area (Å²) in [6.45, 7) is 14.0. The summed E-state index contributed by atoms with van der Waals surface area (Å²) in [5, 5.41) is 10.2. The number of fused-ring (bicyclic) bond motifs is 1. The molecule has 1 heterocycles. The van der Waals surface area contributed by atoms with Crippen LogP contribution in [0.4, 0.5) is 5.69 Å². The monoisotopic (exact) mass is 485 g/mol. The molecular formula is C31H35NO4. The maximum atomic E-state index is 13.7. The Morgan fingerprint density at radius 1 is 0.917 bits per heavy atom. The molecule has 5 nitrogen and oxygen atoms in total. The number of hydrogen-bond acceptors (Lipinski definition) is 3. The Morgan fingerprint density at radius 3 is 2.14 bits per heavy atom. The maximum Gasteiger partial charge on any atom is 0.337 e. The van der Waals surface area contributed by atoms with Crippen molar-refractivity contribution in [3.05, 3.63) is 87.5 Å². The lowest BCUT2D eigenvalue weighted by Crippen LogP contribution is -2.30. The van der Waals surface area contributed by atoms with Crippen LogP contribution in [0.2, 0.25) is 0 Å². The summed E-state index contributed by atoms with van der Waals surface area (Å²) in [7, 11) is 0. The van der Waals surface area contributed by atoms with Crippen LogP contribution in [0.5, 0.6) is 0 Å². The molecule has 188 valence electrons. The van der Waals surface area contributed by atoms with Crippen LogP contribution in [0, 0.1) is 27.7 Å². The van der Waals surface area contributed by atoms with Gasteiger partial charge in [0.2, 0.25) is 0 Å². The van der Waals surface area contributed by atoms with E-state index >= 15 is 0 Å². The number of aliphatic carboxylic acids is 1. The van der Waals surface area contributed by atoms with Gasteiger partial charge in [-0.25, -0.2) is 4.79 Å². The van der Waals surface area contributed by atoms with E-state index in [-0.39, 0.29) is 5.91 Å². The summed E-state index contributed by atoms with van der Waals surface area (Å²) in [6.07, 6.45) is -0.486. The van der Waals surface area contributed by atoms with E-state index in [1.165, 1.54) is 0 Å². The summed E-state index contributed by atoms with van der Waals surface area (Å²) in [5.41, 5.74) is 8.29. The van der Waals surface area contributed by atoms with Crippen molar-refractivity contribution < 1.29 is 19.4 Å². The van der Waals surface area contributed by atoms with Gasteiger partial charge in [0.15, 0.2) is 6.10 Å². The molecule has 0 fully saturated rings. The molecule has 0 aliphatic carbocycles. The first-order chi connectivity index (χ1) is 16.9. The van der Waals surface area contributed by atoms with E-state index in [9.17, 15) is 14.7 Å². The number of hydrogen-bond donors (Lipinski definition) is 1. The van der Waals surface area contributed by atoms with Gasteiger partial charge < -0.3 is 14.7 Å². The van der Waals surface area contributed by atoms with Gasteiger partial charge in [0.05, 0.1) is 5.60 Å². The number of ether oxygens (including phenoxy) is 1. The number of carbonyl (C=O) groups is 2. The Labute approximate surface area is 213 Å². The average Bonchev–Trinajstić information content (AvgIpc) is 3.19. The molecule has 1 aliphatic rings. The number of benzene rings is 3. The van der Waals surface area contributed by atoms with Crippen molar-refractivity contribution in [2.45, 2.75) is 66.6 Å². The molecule has 36 heavy (non-hydrogen) atoms. The van der Waals surface area contributed by atoms with E-state index in [1.807, 2.05) is 102 Å². The molecule has 0 aromatic heterocycles. The second-order valence-corrected chi connectivity index (χ2v) is 10.8. The molecule has 4 rings (SSSR count). The summed E-state index contributed by atoms with van der Waals surface area (Å²) < 4.78 is 6.10. The van der Waals surface area contributed by atoms with Crippen molar-refractivity contribution >= 4 is 17.6 Å². The Kier molecular flexibility index (Phi) is 6.80. The van der Waals surface area contributed by atoms with E-state index in [2.05, 4.69) is 0 Å². The van der Waals surface area contributed by atoms with Crippen LogP contribution in [-0.4, -0.2) is 29.1 Å². The van der Waals surface area contributed by atoms with Gasteiger partial charge in [-0.05, 0) is 94.8 Å². The predicted molar refractivity (Wildman–Crippen MR) is 144 cm³/mol. The molecule has 0 spiro atoms. The lowest BCUT2D eigenvalue weighted by atomic mass is 9.86. The summed E-state index contributed by atoms with van der Waals surface area (Å²) >= 11 is 0.